The summed E-state index contributed by atoms with van der Waals surface area (Å²) < 4.78 is 13.1. The molecule has 4 rings (SSSR count). The van der Waals surface area contributed by atoms with E-state index in [2.05, 4.69) is 40.1 Å². The van der Waals surface area contributed by atoms with Gasteiger partial charge < -0.3 is 4.90 Å². The summed E-state index contributed by atoms with van der Waals surface area (Å²) in [7, 11) is 0. The van der Waals surface area contributed by atoms with Gasteiger partial charge in [-0.15, -0.1) is 0 Å². The second kappa shape index (κ2) is 9.53. The van der Waals surface area contributed by atoms with Gasteiger partial charge in [0.2, 0.25) is 5.91 Å². The fraction of sp³-hybridized carbons (Fsp3) is 0.480. The Morgan fingerprint density at radius 1 is 0.828 bits per heavy atom. The first-order chi connectivity index (χ1) is 14.2. The molecule has 1 amide bonds. The van der Waals surface area contributed by atoms with E-state index >= 15 is 0 Å². The molecule has 0 aromatic heterocycles. The Hall–Kier alpha value is -2.20. The van der Waals surface area contributed by atoms with Crippen molar-refractivity contribution < 1.29 is 9.18 Å². The number of hydrogen-bond acceptors (Lipinski definition) is 2. The van der Waals surface area contributed by atoms with Crippen molar-refractivity contribution in [2.45, 2.75) is 38.6 Å². The molecule has 2 aliphatic heterocycles. The van der Waals surface area contributed by atoms with E-state index in [9.17, 15) is 9.18 Å². The van der Waals surface area contributed by atoms with Crippen LogP contribution in [0.15, 0.2) is 54.6 Å². The highest BCUT2D eigenvalue weighted by Gasteiger charge is 2.30. The third-order valence-electron chi connectivity index (χ3n) is 6.55. The molecule has 3 nitrogen and oxygen atoms in total. The smallest absolute Gasteiger partial charge is 0.225 e. The Morgan fingerprint density at radius 3 is 2.14 bits per heavy atom. The van der Waals surface area contributed by atoms with E-state index in [1.807, 2.05) is 12.1 Å². The van der Waals surface area contributed by atoms with Crippen molar-refractivity contribution in [1.82, 2.24) is 9.80 Å². The van der Waals surface area contributed by atoms with E-state index in [1.54, 1.807) is 0 Å². The van der Waals surface area contributed by atoms with E-state index in [1.165, 1.54) is 17.7 Å². The number of carbonyl (C=O) groups is 1. The second-order valence-corrected chi connectivity index (χ2v) is 8.64. The molecule has 0 saturated carbocycles. The molecule has 2 saturated heterocycles. The number of halogens is 1. The standard InChI is InChI=1S/C25H31FN2O/c26-24-8-6-22(7-9-24)19-27-14-12-23(13-15-27)25(29)28-16-10-21(11-17-28)18-20-4-2-1-3-5-20/h1-9,21,23H,10-19H2. The topological polar surface area (TPSA) is 23.6 Å². The van der Waals surface area contributed by atoms with Crippen molar-refractivity contribution in [2.75, 3.05) is 26.2 Å². The molecule has 29 heavy (non-hydrogen) atoms. The number of piperidine rings is 2. The van der Waals surface area contributed by atoms with Crippen LogP contribution in [0.3, 0.4) is 0 Å². The summed E-state index contributed by atoms with van der Waals surface area (Å²) in [6.07, 6.45) is 5.23. The molecule has 2 fully saturated rings. The van der Waals surface area contributed by atoms with Crippen LogP contribution in [0.4, 0.5) is 4.39 Å². The quantitative estimate of drug-likeness (QED) is 0.744. The second-order valence-electron chi connectivity index (χ2n) is 8.64. The monoisotopic (exact) mass is 394 g/mol. The van der Waals surface area contributed by atoms with Gasteiger partial charge in [-0.25, -0.2) is 4.39 Å². The van der Waals surface area contributed by atoms with Crippen LogP contribution in [-0.2, 0) is 17.8 Å². The minimum absolute atomic E-state index is 0.171. The van der Waals surface area contributed by atoms with Gasteiger partial charge in [-0.3, -0.25) is 9.69 Å². The van der Waals surface area contributed by atoms with Crippen LogP contribution in [0.2, 0.25) is 0 Å². The Balaban J connectivity index is 1.20. The Morgan fingerprint density at radius 2 is 1.48 bits per heavy atom. The number of nitrogens with zero attached hydrogens (tertiary/aromatic N) is 2. The van der Waals surface area contributed by atoms with E-state index in [0.717, 1.165) is 70.4 Å². The highest BCUT2D eigenvalue weighted by Crippen LogP contribution is 2.26. The van der Waals surface area contributed by atoms with E-state index < -0.39 is 0 Å². The third kappa shape index (κ3) is 5.45. The molecule has 0 bridgehead atoms. The van der Waals surface area contributed by atoms with Gasteiger partial charge in [0.25, 0.3) is 0 Å². The fourth-order valence-corrected chi connectivity index (χ4v) is 4.75. The average molecular weight is 395 g/mol. The Kier molecular flexibility index (Phi) is 6.60. The average Bonchev–Trinajstić information content (AvgIpc) is 2.77. The maximum atomic E-state index is 13.1. The molecule has 0 atom stereocenters. The first-order valence-corrected chi connectivity index (χ1v) is 11.0. The molecule has 0 unspecified atom stereocenters. The third-order valence-corrected chi connectivity index (χ3v) is 6.55. The molecule has 2 aliphatic rings. The summed E-state index contributed by atoms with van der Waals surface area (Å²) in [4.78, 5) is 17.5. The van der Waals surface area contributed by atoms with Crippen LogP contribution < -0.4 is 0 Å². The van der Waals surface area contributed by atoms with Gasteiger partial charge in [0.15, 0.2) is 0 Å². The van der Waals surface area contributed by atoms with Crippen molar-refractivity contribution in [3.63, 3.8) is 0 Å². The number of rotatable bonds is 5. The van der Waals surface area contributed by atoms with Gasteiger partial charge in [-0.05, 0) is 74.4 Å². The number of carbonyl (C=O) groups excluding carboxylic acids is 1. The van der Waals surface area contributed by atoms with E-state index in [0.29, 0.717) is 11.8 Å². The van der Waals surface area contributed by atoms with Gasteiger partial charge in [0, 0.05) is 25.6 Å². The Bertz CT molecular complexity index is 776. The first-order valence-electron chi connectivity index (χ1n) is 11.0. The normalized spacial score (nSPS) is 19.4. The summed E-state index contributed by atoms with van der Waals surface area (Å²) in [5, 5.41) is 0. The summed E-state index contributed by atoms with van der Waals surface area (Å²) >= 11 is 0. The van der Waals surface area contributed by atoms with Crippen LogP contribution in [0.5, 0.6) is 0 Å². The molecule has 2 aromatic rings. The van der Waals surface area contributed by atoms with Crippen molar-refractivity contribution in [1.29, 1.82) is 0 Å². The molecule has 0 N–H and O–H groups in total. The van der Waals surface area contributed by atoms with Crippen LogP contribution >= 0.6 is 0 Å². The van der Waals surface area contributed by atoms with Crippen LogP contribution in [-0.4, -0.2) is 41.9 Å². The minimum Gasteiger partial charge on any atom is -0.342 e. The molecule has 0 spiro atoms. The van der Waals surface area contributed by atoms with Crippen LogP contribution in [0.25, 0.3) is 0 Å². The molecular formula is C25H31FN2O. The zero-order valence-corrected chi connectivity index (χ0v) is 17.1. The molecule has 2 heterocycles. The molecular weight excluding hydrogens is 363 g/mol. The maximum Gasteiger partial charge on any atom is 0.225 e. The number of hydrogen-bond donors (Lipinski definition) is 0. The molecule has 0 aliphatic carbocycles. The predicted octanol–water partition coefficient (Wildman–Crippen LogP) is 4.52. The first kappa shape index (κ1) is 20.1. The maximum absolute atomic E-state index is 13.1. The zero-order valence-electron chi connectivity index (χ0n) is 17.1. The highest BCUT2D eigenvalue weighted by molar-refractivity contribution is 5.79. The zero-order chi connectivity index (χ0) is 20.1. The fourth-order valence-electron chi connectivity index (χ4n) is 4.75. The van der Waals surface area contributed by atoms with Gasteiger partial charge >= 0.3 is 0 Å². The predicted molar refractivity (Wildman–Crippen MR) is 114 cm³/mol. The van der Waals surface area contributed by atoms with Gasteiger partial charge in [0.05, 0.1) is 0 Å². The number of amides is 1. The lowest BCUT2D eigenvalue weighted by atomic mass is 9.88. The largest absolute Gasteiger partial charge is 0.342 e. The van der Waals surface area contributed by atoms with Crippen molar-refractivity contribution in [3.8, 4) is 0 Å². The lowest BCUT2D eigenvalue weighted by molar-refractivity contribution is -0.138. The van der Waals surface area contributed by atoms with Gasteiger partial charge in [-0.2, -0.15) is 0 Å². The number of likely N-dealkylation sites (tertiary alicyclic amines) is 2. The molecule has 0 radical (unpaired) electrons. The summed E-state index contributed by atoms with van der Waals surface area (Å²) in [5.74, 6) is 1.04. The lowest BCUT2D eigenvalue weighted by Gasteiger charge is -2.37. The van der Waals surface area contributed by atoms with Crippen molar-refractivity contribution in [2.24, 2.45) is 11.8 Å². The Labute approximate surface area is 173 Å². The highest BCUT2D eigenvalue weighted by atomic mass is 19.1. The van der Waals surface area contributed by atoms with E-state index in [-0.39, 0.29) is 11.7 Å². The molecule has 4 heteroatoms. The lowest BCUT2D eigenvalue weighted by Crippen LogP contribution is -2.45. The van der Waals surface area contributed by atoms with Crippen LogP contribution in [0.1, 0.15) is 36.8 Å². The minimum atomic E-state index is -0.189. The van der Waals surface area contributed by atoms with Gasteiger partial charge in [-0.1, -0.05) is 42.5 Å². The van der Waals surface area contributed by atoms with Crippen LogP contribution in [0, 0.1) is 17.7 Å². The van der Waals surface area contributed by atoms with Crippen molar-refractivity contribution >= 4 is 5.91 Å². The van der Waals surface area contributed by atoms with Gasteiger partial charge in [0.1, 0.15) is 5.82 Å². The SMILES string of the molecule is O=C(C1CCN(Cc2ccc(F)cc2)CC1)N1CCC(Cc2ccccc2)CC1. The summed E-state index contributed by atoms with van der Waals surface area (Å²) in [5.41, 5.74) is 2.54. The number of benzene rings is 2. The summed E-state index contributed by atoms with van der Waals surface area (Å²) in [6, 6.07) is 17.4. The molecule has 154 valence electrons. The summed E-state index contributed by atoms with van der Waals surface area (Å²) in [6.45, 7) is 4.54. The molecule has 2 aromatic carbocycles. The van der Waals surface area contributed by atoms with Crippen molar-refractivity contribution in [3.05, 3.63) is 71.5 Å². The van der Waals surface area contributed by atoms with E-state index in [4.69, 9.17) is 0 Å².